The van der Waals surface area contributed by atoms with E-state index in [4.69, 9.17) is 4.74 Å². The fourth-order valence-corrected chi connectivity index (χ4v) is 3.39. The molecule has 25 heavy (non-hydrogen) atoms. The van der Waals surface area contributed by atoms with Gasteiger partial charge in [-0.2, -0.15) is 0 Å². The van der Waals surface area contributed by atoms with Gasteiger partial charge in [-0.05, 0) is 43.5 Å². The maximum absolute atomic E-state index is 13.8. The van der Waals surface area contributed by atoms with Crippen molar-refractivity contribution in [2.24, 2.45) is 5.92 Å². The zero-order valence-corrected chi connectivity index (χ0v) is 15.5. The molecule has 1 aliphatic heterocycles. The van der Waals surface area contributed by atoms with Crippen molar-refractivity contribution in [2.45, 2.75) is 52.0 Å². The second-order valence-corrected chi connectivity index (χ2v) is 6.89. The highest BCUT2D eigenvalue weighted by molar-refractivity contribution is 5.78. The third-order valence-electron chi connectivity index (χ3n) is 4.83. The number of unbranched alkanes of at least 4 members (excludes halogenated alkanes) is 3. The van der Waals surface area contributed by atoms with Gasteiger partial charge >= 0.3 is 0 Å². The van der Waals surface area contributed by atoms with E-state index in [1.165, 1.54) is 32.4 Å². The van der Waals surface area contributed by atoms with Gasteiger partial charge in [-0.3, -0.25) is 9.69 Å². The van der Waals surface area contributed by atoms with Crippen LogP contribution in [0.1, 0.15) is 51.0 Å². The van der Waals surface area contributed by atoms with Crippen molar-refractivity contribution < 1.29 is 13.9 Å². The van der Waals surface area contributed by atoms with Gasteiger partial charge in [0, 0.05) is 19.6 Å². The van der Waals surface area contributed by atoms with E-state index in [0.29, 0.717) is 6.54 Å². The minimum absolute atomic E-state index is 0.0445. The molecule has 1 amide bonds. The summed E-state index contributed by atoms with van der Waals surface area (Å²) in [7, 11) is 1.47. The highest BCUT2D eigenvalue weighted by Crippen LogP contribution is 2.22. The normalized spacial score (nSPS) is 18.1. The Balaban J connectivity index is 1.79. The first-order chi connectivity index (χ1) is 12.1. The smallest absolute Gasteiger partial charge is 0.224 e. The fraction of sp³-hybridized carbons (Fsp3) is 0.650. The molecule has 5 heteroatoms. The number of likely N-dealkylation sites (tertiary alicyclic amines) is 1. The summed E-state index contributed by atoms with van der Waals surface area (Å²) in [6.07, 6.45) is 6.61. The number of nitrogens with zero attached hydrogens (tertiary/aromatic N) is 1. The van der Waals surface area contributed by atoms with Gasteiger partial charge in [-0.25, -0.2) is 4.39 Å². The lowest BCUT2D eigenvalue weighted by atomic mass is 9.96. The van der Waals surface area contributed by atoms with Gasteiger partial charge in [0.25, 0.3) is 0 Å². The van der Waals surface area contributed by atoms with Gasteiger partial charge in [0.15, 0.2) is 11.6 Å². The molecule has 1 aromatic carbocycles. The van der Waals surface area contributed by atoms with Crippen molar-refractivity contribution in [1.29, 1.82) is 0 Å². The molecule has 140 valence electrons. The number of rotatable bonds is 9. The lowest BCUT2D eigenvalue weighted by molar-refractivity contribution is -0.126. The molecule has 1 atom stereocenters. The minimum Gasteiger partial charge on any atom is -0.494 e. The molecule has 1 saturated heterocycles. The van der Waals surface area contributed by atoms with Crippen LogP contribution in [0.25, 0.3) is 0 Å². The first-order valence-corrected chi connectivity index (χ1v) is 9.46. The van der Waals surface area contributed by atoms with Crippen LogP contribution < -0.4 is 10.1 Å². The molecule has 4 nitrogen and oxygen atoms in total. The van der Waals surface area contributed by atoms with E-state index in [2.05, 4.69) is 17.1 Å². The Morgan fingerprint density at radius 2 is 2.20 bits per heavy atom. The quantitative estimate of drug-likeness (QED) is 0.690. The Kier molecular flexibility index (Phi) is 8.19. The summed E-state index contributed by atoms with van der Waals surface area (Å²) in [6.45, 7) is 5.33. The van der Waals surface area contributed by atoms with Gasteiger partial charge in [-0.1, -0.05) is 32.3 Å². The number of hydrogen-bond donors (Lipinski definition) is 1. The Bertz CT molecular complexity index is 550. The highest BCUT2D eigenvalue weighted by Gasteiger charge is 2.25. The van der Waals surface area contributed by atoms with Crippen LogP contribution in [0.4, 0.5) is 4.39 Å². The summed E-state index contributed by atoms with van der Waals surface area (Å²) >= 11 is 0. The van der Waals surface area contributed by atoms with Crippen LogP contribution >= 0.6 is 0 Å². The second kappa shape index (κ2) is 10.4. The molecule has 1 aliphatic rings. The van der Waals surface area contributed by atoms with Crippen LogP contribution in [0.2, 0.25) is 0 Å². The molecule has 2 rings (SSSR count). The SMILES string of the molecule is CCCCCCNC(=O)C1CCCN(Cc2ccc(OC)c(F)c2)C1. The zero-order chi connectivity index (χ0) is 18.1. The van der Waals surface area contributed by atoms with Crippen molar-refractivity contribution >= 4 is 5.91 Å². The molecule has 0 aliphatic carbocycles. The summed E-state index contributed by atoms with van der Waals surface area (Å²) in [5.74, 6) is 0.145. The molecule has 0 bridgehead atoms. The molecule has 1 N–H and O–H groups in total. The highest BCUT2D eigenvalue weighted by atomic mass is 19.1. The van der Waals surface area contributed by atoms with Crippen LogP contribution in [0.15, 0.2) is 18.2 Å². The van der Waals surface area contributed by atoms with Crippen molar-refractivity contribution in [1.82, 2.24) is 10.2 Å². The molecule has 0 saturated carbocycles. The first-order valence-electron chi connectivity index (χ1n) is 9.46. The largest absolute Gasteiger partial charge is 0.494 e. The van der Waals surface area contributed by atoms with E-state index < -0.39 is 0 Å². The molecule has 1 aromatic rings. The van der Waals surface area contributed by atoms with Crippen LogP contribution in [-0.4, -0.2) is 37.6 Å². The molecule has 1 fully saturated rings. The summed E-state index contributed by atoms with van der Waals surface area (Å²) in [4.78, 5) is 14.6. The Hall–Kier alpha value is -1.62. The summed E-state index contributed by atoms with van der Waals surface area (Å²) in [6, 6.07) is 5.07. The zero-order valence-electron chi connectivity index (χ0n) is 15.5. The summed E-state index contributed by atoms with van der Waals surface area (Å²) in [5, 5.41) is 3.08. The third-order valence-corrected chi connectivity index (χ3v) is 4.83. The van der Waals surface area contributed by atoms with Crippen LogP contribution in [0.5, 0.6) is 5.75 Å². The topological polar surface area (TPSA) is 41.6 Å². The predicted molar refractivity (Wildman–Crippen MR) is 98.1 cm³/mol. The number of nitrogens with one attached hydrogen (secondary N) is 1. The number of hydrogen-bond acceptors (Lipinski definition) is 3. The van der Waals surface area contributed by atoms with E-state index in [-0.39, 0.29) is 23.4 Å². The second-order valence-electron chi connectivity index (χ2n) is 6.89. The van der Waals surface area contributed by atoms with Gasteiger partial charge in [-0.15, -0.1) is 0 Å². The van der Waals surface area contributed by atoms with E-state index >= 15 is 0 Å². The number of ether oxygens (including phenoxy) is 1. The molecule has 0 aromatic heterocycles. The lowest BCUT2D eigenvalue weighted by Crippen LogP contribution is -2.42. The van der Waals surface area contributed by atoms with Crippen LogP contribution in [-0.2, 0) is 11.3 Å². The maximum Gasteiger partial charge on any atom is 0.224 e. The average Bonchev–Trinajstić information content (AvgIpc) is 2.62. The third kappa shape index (κ3) is 6.31. The molecular weight excluding hydrogens is 319 g/mol. The van der Waals surface area contributed by atoms with Crippen molar-refractivity contribution in [3.63, 3.8) is 0 Å². The van der Waals surface area contributed by atoms with E-state index in [9.17, 15) is 9.18 Å². The van der Waals surface area contributed by atoms with E-state index in [1.54, 1.807) is 6.07 Å². The Labute approximate surface area is 150 Å². The molecule has 0 radical (unpaired) electrons. The van der Waals surface area contributed by atoms with E-state index in [1.807, 2.05) is 6.07 Å². The van der Waals surface area contributed by atoms with Gasteiger partial charge < -0.3 is 10.1 Å². The average molecular weight is 350 g/mol. The number of methoxy groups -OCH3 is 1. The van der Waals surface area contributed by atoms with Gasteiger partial charge in [0.1, 0.15) is 0 Å². The van der Waals surface area contributed by atoms with E-state index in [0.717, 1.165) is 44.5 Å². The Morgan fingerprint density at radius 3 is 2.92 bits per heavy atom. The first kappa shape index (κ1) is 19.7. The lowest BCUT2D eigenvalue weighted by Gasteiger charge is -2.32. The molecule has 0 spiro atoms. The number of piperidine rings is 1. The predicted octanol–water partition coefficient (Wildman–Crippen LogP) is 3.74. The van der Waals surface area contributed by atoms with Crippen LogP contribution in [0.3, 0.4) is 0 Å². The molecule has 1 unspecified atom stereocenters. The summed E-state index contributed by atoms with van der Waals surface area (Å²) in [5.41, 5.74) is 0.916. The number of carbonyl (C=O) groups is 1. The van der Waals surface area contributed by atoms with Crippen LogP contribution in [0, 0.1) is 11.7 Å². The monoisotopic (exact) mass is 350 g/mol. The van der Waals surface area contributed by atoms with Crippen molar-refractivity contribution in [3.8, 4) is 5.75 Å². The number of carbonyl (C=O) groups excluding carboxylic acids is 1. The summed E-state index contributed by atoms with van der Waals surface area (Å²) < 4.78 is 18.8. The van der Waals surface area contributed by atoms with Gasteiger partial charge in [0.2, 0.25) is 5.91 Å². The fourth-order valence-electron chi connectivity index (χ4n) is 3.39. The van der Waals surface area contributed by atoms with Gasteiger partial charge in [0.05, 0.1) is 13.0 Å². The standard InChI is InChI=1S/C20H31FN2O2/c1-3-4-5-6-11-22-20(24)17-8-7-12-23(15-17)14-16-9-10-19(25-2)18(21)13-16/h9-10,13,17H,3-8,11-12,14-15H2,1-2H3,(H,22,24). The van der Waals surface area contributed by atoms with Crippen molar-refractivity contribution in [3.05, 3.63) is 29.6 Å². The molecule has 1 heterocycles. The minimum atomic E-state index is -0.335. The Morgan fingerprint density at radius 1 is 1.36 bits per heavy atom. The number of amides is 1. The molecular formula is C20H31FN2O2. The van der Waals surface area contributed by atoms with Crippen molar-refractivity contribution in [2.75, 3.05) is 26.7 Å². The number of benzene rings is 1. The maximum atomic E-state index is 13.8. The number of halogens is 1.